The number of aryl methyl sites for hydroxylation is 2. The van der Waals surface area contributed by atoms with Crippen LogP contribution in [-0.4, -0.2) is 18.1 Å². The van der Waals surface area contributed by atoms with Gasteiger partial charge in [0.15, 0.2) is 0 Å². The molecule has 0 aromatic heterocycles. The van der Waals surface area contributed by atoms with Crippen molar-refractivity contribution in [1.82, 2.24) is 0 Å². The molecule has 0 saturated carbocycles. The van der Waals surface area contributed by atoms with Gasteiger partial charge in [0, 0.05) is 17.2 Å². The number of halogens is 1. The average molecular weight is 334 g/mol. The Morgan fingerprint density at radius 1 is 1.15 bits per heavy atom. The van der Waals surface area contributed by atoms with Crippen molar-refractivity contribution in [2.45, 2.75) is 13.8 Å². The number of carbonyl (C=O) groups is 1. The molecule has 0 saturated heterocycles. The molecule has 4 heteroatoms. The van der Waals surface area contributed by atoms with Gasteiger partial charge in [0.1, 0.15) is 0 Å². The smallest absolute Gasteiger partial charge is 0.338 e. The second-order valence-electron chi connectivity index (χ2n) is 4.79. The fraction of sp³-hybridized carbons (Fsp3) is 0.188. The lowest BCUT2D eigenvalue weighted by atomic mass is 10.1. The van der Waals surface area contributed by atoms with Crippen LogP contribution in [0.1, 0.15) is 21.5 Å². The maximum atomic E-state index is 11.5. The van der Waals surface area contributed by atoms with E-state index in [1.165, 1.54) is 5.56 Å². The molecule has 0 aliphatic rings. The lowest BCUT2D eigenvalue weighted by molar-refractivity contribution is 0.0696. The molecule has 0 unspecified atom stereocenters. The van der Waals surface area contributed by atoms with Crippen LogP contribution in [0.4, 0.5) is 11.4 Å². The minimum atomic E-state index is -0.941. The topological polar surface area (TPSA) is 40.5 Å². The number of anilines is 2. The number of rotatable bonds is 3. The average Bonchev–Trinajstić information content (AvgIpc) is 2.37. The highest BCUT2D eigenvalue weighted by Gasteiger charge is 2.18. The SMILES string of the molecule is Cc1ccc(N(C)c2cccc(Br)c2C(=O)O)c(C)c1. The normalized spacial score (nSPS) is 10.4. The number of carboxylic acid groups (broad SMARTS) is 1. The van der Waals surface area contributed by atoms with E-state index in [9.17, 15) is 9.90 Å². The number of nitrogens with zero attached hydrogens (tertiary/aromatic N) is 1. The molecule has 0 spiro atoms. The summed E-state index contributed by atoms with van der Waals surface area (Å²) in [5.41, 5.74) is 4.24. The maximum absolute atomic E-state index is 11.5. The van der Waals surface area contributed by atoms with E-state index in [0.717, 1.165) is 11.3 Å². The Morgan fingerprint density at radius 3 is 2.45 bits per heavy atom. The van der Waals surface area contributed by atoms with Crippen molar-refractivity contribution in [3.8, 4) is 0 Å². The van der Waals surface area contributed by atoms with E-state index in [2.05, 4.69) is 22.0 Å². The van der Waals surface area contributed by atoms with Crippen LogP contribution in [0.15, 0.2) is 40.9 Å². The number of aromatic carboxylic acids is 1. The highest BCUT2D eigenvalue weighted by atomic mass is 79.9. The summed E-state index contributed by atoms with van der Waals surface area (Å²) in [5, 5.41) is 9.40. The van der Waals surface area contributed by atoms with Gasteiger partial charge in [-0.05, 0) is 53.5 Å². The molecule has 0 aliphatic heterocycles. The summed E-state index contributed by atoms with van der Waals surface area (Å²) in [6.07, 6.45) is 0. The molecule has 20 heavy (non-hydrogen) atoms. The predicted molar refractivity (Wildman–Crippen MR) is 85.1 cm³/mol. The second-order valence-corrected chi connectivity index (χ2v) is 5.64. The maximum Gasteiger partial charge on any atom is 0.338 e. The van der Waals surface area contributed by atoms with Gasteiger partial charge in [-0.1, -0.05) is 23.8 Å². The van der Waals surface area contributed by atoms with Gasteiger partial charge in [-0.25, -0.2) is 4.79 Å². The standard InChI is InChI=1S/C16H16BrNO2/c1-10-7-8-13(11(2)9-10)18(3)14-6-4-5-12(17)15(14)16(19)20/h4-9H,1-3H3,(H,19,20). The minimum Gasteiger partial charge on any atom is -0.478 e. The van der Waals surface area contributed by atoms with Crippen molar-refractivity contribution in [1.29, 1.82) is 0 Å². The second kappa shape index (κ2) is 5.67. The van der Waals surface area contributed by atoms with Gasteiger partial charge in [0.25, 0.3) is 0 Å². The highest BCUT2D eigenvalue weighted by molar-refractivity contribution is 9.10. The Bertz CT molecular complexity index is 668. The zero-order chi connectivity index (χ0) is 14.9. The number of hydrogen-bond donors (Lipinski definition) is 1. The summed E-state index contributed by atoms with van der Waals surface area (Å²) < 4.78 is 0.583. The molecule has 0 amide bonds. The third-order valence-corrected chi connectivity index (χ3v) is 3.94. The highest BCUT2D eigenvalue weighted by Crippen LogP contribution is 2.33. The quantitative estimate of drug-likeness (QED) is 0.896. The van der Waals surface area contributed by atoms with E-state index >= 15 is 0 Å². The van der Waals surface area contributed by atoms with Crippen molar-refractivity contribution < 1.29 is 9.90 Å². The van der Waals surface area contributed by atoms with Gasteiger partial charge in [-0.15, -0.1) is 0 Å². The van der Waals surface area contributed by atoms with E-state index in [1.807, 2.05) is 50.1 Å². The zero-order valence-electron chi connectivity index (χ0n) is 11.6. The molecule has 1 N–H and O–H groups in total. The van der Waals surface area contributed by atoms with Crippen molar-refractivity contribution in [2.24, 2.45) is 0 Å². The summed E-state index contributed by atoms with van der Waals surface area (Å²) >= 11 is 3.31. The molecule has 0 radical (unpaired) electrons. The zero-order valence-corrected chi connectivity index (χ0v) is 13.2. The molecule has 3 nitrogen and oxygen atoms in total. The third-order valence-electron chi connectivity index (χ3n) is 3.28. The van der Waals surface area contributed by atoms with Gasteiger partial charge in [0.05, 0.1) is 11.3 Å². The monoisotopic (exact) mass is 333 g/mol. The van der Waals surface area contributed by atoms with Crippen molar-refractivity contribution in [3.63, 3.8) is 0 Å². The fourth-order valence-corrected chi connectivity index (χ4v) is 2.84. The minimum absolute atomic E-state index is 0.273. The van der Waals surface area contributed by atoms with E-state index in [0.29, 0.717) is 10.2 Å². The van der Waals surface area contributed by atoms with Gasteiger partial charge >= 0.3 is 5.97 Å². The number of carboxylic acids is 1. The lowest BCUT2D eigenvalue weighted by Gasteiger charge is -2.24. The first-order valence-electron chi connectivity index (χ1n) is 6.24. The third kappa shape index (κ3) is 2.70. The molecule has 0 fully saturated rings. The molecule has 0 aliphatic carbocycles. The predicted octanol–water partition coefficient (Wildman–Crippen LogP) is 4.53. The Hall–Kier alpha value is -1.81. The van der Waals surface area contributed by atoms with Gasteiger partial charge < -0.3 is 10.0 Å². The molecule has 0 atom stereocenters. The first-order valence-corrected chi connectivity index (χ1v) is 7.04. The fourth-order valence-electron chi connectivity index (χ4n) is 2.32. The molecule has 2 aromatic carbocycles. The Balaban J connectivity index is 2.56. The van der Waals surface area contributed by atoms with Crippen LogP contribution >= 0.6 is 15.9 Å². The first-order chi connectivity index (χ1) is 9.41. The van der Waals surface area contributed by atoms with E-state index in [4.69, 9.17) is 0 Å². The summed E-state index contributed by atoms with van der Waals surface area (Å²) in [4.78, 5) is 13.4. The molecule has 0 heterocycles. The van der Waals surface area contributed by atoms with E-state index < -0.39 is 5.97 Å². The van der Waals surface area contributed by atoms with Crippen molar-refractivity contribution in [2.75, 3.05) is 11.9 Å². The van der Waals surface area contributed by atoms with Crippen LogP contribution in [0.5, 0.6) is 0 Å². The van der Waals surface area contributed by atoms with Crippen LogP contribution in [0.3, 0.4) is 0 Å². The Kier molecular flexibility index (Phi) is 4.14. The van der Waals surface area contributed by atoms with Crippen molar-refractivity contribution >= 4 is 33.3 Å². The van der Waals surface area contributed by atoms with E-state index in [1.54, 1.807) is 6.07 Å². The van der Waals surface area contributed by atoms with Gasteiger partial charge in [-0.3, -0.25) is 0 Å². The van der Waals surface area contributed by atoms with Crippen molar-refractivity contribution in [3.05, 3.63) is 57.6 Å². The first kappa shape index (κ1) is 14.6. The molecular weight excluding hydrogens is 318 g/mol. The molecule has 2 aromatic rings. The van der Waals surface area contributed by atoms with Crippen LogP contribution < -0.4 is 4.90 Å². The summed E-state index contributed by atoms with van der Waals surface area (Å²) in [7, 11) is 1.88. The molecule has 0 bridgehead atoms. The molecule has 104 valence electrons. The number of hydrogen-bond acceptors (Lipinski definition) is 2. The van der Waals surface area contributed by atoms with Crippen LogP contribution in [0.2, 0.25) is 0 Å². The van der Waals surface area contributed by atoms with Gasteiger partial charge in [0.2, 0.25) is 0 Å². The summed E-state index contributed by atoms with van der Waals surface area (Å²) in [5.74, 6) is -0.941. The summed E-state index contributed by atoms with van der Waals surface area (Å²) in [6.45, 7) is 4.07. The summed E-state index contributed by atoms with van der Waals surface area (Å²) in [6, 6.07) is 11.5. The number of benzene rings is 2. The van der Waals surface area contributed by atoms with Crippen LogP contribution in [0.25, 0.3) is 0 Å². The molecule has 2 rings (SSSR count). The Morgan fingerprint density at radius 2 is 1.85 bits per heavy atom. The van der Waals surface area contributed by atoms with Crippen LogP contribution in [-0.2, 0) is 0 Å². The van der Waals surface area contributed by atoms with Crippen LogP contribution in [0, 0.1) is 13.8 Å². The Labute approximate surface area is 127 Å². The lowest BCUT2D eigenvalue weighted by Crippen LogP contribution is -2.15. The van der Waals surface area contributed by atoms with Gasteiger partial charge in [-0.2, -0.15) is 0 Å². The van der Waals surface area contributed by atoms with E-state index in [-0.39, 0.29) is 5.56 Å². The molecular formula is C16H16BrNO2. The largest absolute Gasteiger partial charge is 0.478 e.